The Labute approximate surface area is 165 Å². The third-order valence-corrected chi connectivity index (χ3v) is 5.93. The molecule has 1 fully saturated rings. The lowest BCUT2D eigenvalue weighted by Crippen LogP contribution is -2.18. The van der Waals surface area contributed by atoms with Crippen molar-refractivity contribution < 1.29 is 23.5 Å². The van der Waals surface area contributed by atoms with Crippen molar-refractivity contribution in [1.82, 2.24) is 0 Å². The van der Waals surface area contributed by atoms with Crippen LogP contribution in [0.25, 0.3) is 11.0 Å². The zero-order valence-electron chi connectivity index (χ0n) is 15.5. The molecular weight excluding hydrogens is 378 g/mol. The molecule has 1 amide bonds. The smallest absolute Gasteiger partial charge is 0.341 e. The molecule has 1 aliphatic rings. The molecule has 0 unspecified atom stereocenters. The number of carbonyl (C=O) groups is 3. The average molecular weight is 397 g/mol. The summed E-state index contributed by atoms with van der Waals surface area (Å²) in [5.74, 6) is -0.945. The van der Waals surface area contributed by atoms with E-state index in [4.69, 9.17) is 9.15 Å². The monoisotopic (exact) mass is 397 g/mol. The number of furan rings is 1. The van der Waals surface area contributed by atoms with Gasteiger partial charge in [-0.1, -0.05) is 18.2 Å². The topological polar surface area (TPSA) is 85.6 Å². The Hall–Kier alpha value is -2.93. The molecule has 0 atom stereocenters. The second-order valence-electron chi connectivity index (χ2n) is 6.90. The van der Waals surface area contributed by atoms with Gasteiger partial charge in [-0.05, 0) is 44.4 Å². The Morgan fingerprint density at radius 2 is 1.96 bits per heavy atom. The second kappa shape index (κ2) is 7.24. The van der Waals surface area contributed by atoms with Crippen LogP contribution < -0.4 is 5.32 Å². The molecule has 2 aromatic heterocycles. The van der Waals surface area contributed by atoms with Crippen LogP contribution in [-0.2, 0) is 9.53 Å². The number of benzene rings is 1. The largest absolute Gasteiger partial charge is 0.453 e. The Balaban J connectivity index is 1.47. The molecule has 1 aromatic carbocycles. The lowest BCUT2D eigenvalue weighted by atomic mass is 10.1. The van der Waals surface area contributed by atoms with Crippen molar-refractivity contribution in [2.75, 3.05) is 11.9 Å². The van der Waals surface area contributed by atoms with Crippen molar-refractivity contribution in [2.45, 2.75) is 26.7 Å². The van der Waals surface area contributed by atoms with Gasteiger partial charge in [0.1, 0.15) is 10.6 Å². The fraction of sp³-hybridized carbons (Fsp3) is 0.286. The van der Waals surface area contributed by atoms with Crippen LogP contribution in [0.1, 0.15) is 44.2 Å². The van der Waals surface area contributed by atoms with Crippen molar-refractivity contribution in [2.24, 2.45) is 5.92 Å². The van der Waals surface area contributed by atoms with Crippen LogP contribution in [0, 0.1) is 19.8 Å². The first kappa shape index (κ1) is 18.4. The summed E-state index contributed by atoms with van der Waals surface area (Å²) in [5.41, 5.74) is 1.66. The van der Waals surface area contributed by atoms with Gasteiger partial charge >= 0.3 is 5.97 Å². The van der Waals surface area contributed by atoms with Crippen molar-refractivity contribution in [1.29, 1.82) is 0 Å². The number of ketones is 1. The zero-order chi connectivity index (χ0) is 19.8. The number of aryl methyl sites for hydroxylation is 1. The van der Waals surface area contributed by atoms with E-state index in [0.29, 0.717) is 16.1 Å². The maximum atomic E-state index is 12.6. The van der Waals surface area contributed by atoms with Crippen LogP contribution in [0.5, 0.6) is 0 Å². The highest BCUT2D eigenvalue weighted by atomic mass is 32.1. The third kappa shape index (κ3) is 3.57. The lowest BCUT2D eigenvalue weighted by Gasteiger charge is -2.07. The van der Waals surface area contributed by atoms with Crippen LogP contribution in [0.2, 0.25) is 0 Å². The first-order chi connectivity index (χ1) is 13.4. The summed E-state index contributed by atoms with van der Waals surface area (Å²) in [6.45, 7) is 3.25. The molecule has 1 N–H and O–H groups in total. The molecule has 1 aliphatic carbocycles. The number of esters is 1. The normalized spacial score (nSPS) is 13.5. The highest BCUT2D eigenvalue weighted by molar-refractivity contribution is 7.16. The number of hydrogen-bond donors (Lipinski definition) is 1. The molecule has 0 saturated heterocycles. The average Bonchev–Trinajstić information content (AvgIpc) is 3.38. The molecule has 144 valence electrons. The van der Waals surface area contributed by atoms with Gasteiger partial charge in [-0.15, -0.1) is 11.3 Å². The van der Waals surface area contributed by atoms with Crippen LogP contribution >= 0.6 is 11.3 Å². The summed E-state index contributed by atoms with van der Waals surface area (Å²) in [6, 6.07) is 8.91. The number of anilines is 1. The molecule has 28 heavy (non-hydrogen) atoms. The molecular formula is C21H19NO5S. The molecule has 3 aromatic rings. The summed E-state index contributed by atoms with van der Waals surface area (Å²) in [5, 5.41) is 4.12. The first-order valence-electron chi connectivity index (χ1n) is 9.04. The van der Waals surface area contributed by atoms with Gasteiger partial charge in [0.15, 0.2) is 12.4 Å². The minimum absolute atomic E-state index is 0.0289. The number of Topliss-reactive ketones (excluding diaryl/α,β-unsaturated/α-hetero) is 1. The van der Waals surface area contributed by atoms with E-state index < -0.39 is 18.4 Å². The Morgan fingerprint density at radius 1 is 1.21 bits per heavy atom. The molecule has 7 heteroatoms. The number of nitrogens with one attached hydrogen (secondary N) is 1. The lowest BCUT2D eigenvalue weighted by molar-refractivity contribution is -0.117. The van der Waals surface area contributed by atoms with Gasteiger partial charge in [0.05, 0.1) is 5.56 Å². The number of hydrogen-bond acceptors (Lipinski definition) is 6. The van der Waals surface area contributed by atoms with E-state index >= 15 is 0 Å². The van der Waals surface area contributed by atoms with E-state index in [1.807, 2.05) is 25.1 Å². The summed E-state index contributed by atoms with van der Waals surface area (Å²) in [6.07, 6.45) is 1.75. The summed E-state index contributed by atoms with van der Waals surface area (Å²) in [4.78, 5) is 38.0. The predicted octanol–water partition coefficient (Wildman–Crippen LogP) is 4.50. The number of thiophene rings is 1. The Morgan fingerprint density at radius 3 is 2.68 bits per heavy atom. The van der Waals surface area contributed by atoms with Crippen molar-refractivity contribution in [3.63, 3.8) is 0 Å². The van der Waals surface area contributed by atoms with Gasteiger partial charge < -0.3 is 14.5 Å². The molecule has 0 bridgehead atoms. The zero-order valence-corrected chi connectivity index (χ0v) is 16.4. The maximum Gasteiger partial charge on any atom is 0.341 e. The highest BCUT2D eigenvalue weighted by Gasteiger charge is 2.32. The highest BCUT2D eigenvalue weighted by Crippen LogP contribution is 2.36. The number of fused-ring (bicyclic) bond motifs is 1. The number of carbonyl (C=O) groups excluding carboxylic acids is 3. The molecule has 1 saturated carbocycles. The number of amides is 1. The Bertz CT molecular complexity index is 1060. The SMILES string of the molecule is Cc1sc(NC(=O)C2CC2)c(C(=O)OCC(=O)c2cc3ccccc3o2)c1C. The maximum absolute atomic E-state index is 12.6. The van der Waals surface area contributed by atoms with E-state index in [-0.39, 0.29) is 17.6 Å². The first-order valence-corrected chi connectivity index (χ1v) is 9.85. The molecule has 4 rings (SSSR count). The van der Waals surface area contributed by atoms with Gasteiger partial charge in [0, 0.05) is 16.2 Å². The van der Waals surface area contributed by atoms with Crippen molar-refractivity contribution in [3.8, 4) is 0 Å². The number of ether oxygens (including phenoxy) is 1. The molecule has 6 nitrogen and oxygen atoms in total. The van der Waals surface area contributed by atoms with Gasteiger partial charge in [-0.3, -0.25) is 9.59 Å². The molecule has 2 heterocycles. The van der Waals surface area contributed by atoms with Gasteiger partial charge in [0.2, 0.25) is 11.7 Å². The van der Waals surface area contributed by atoms with Crippen LogP contribution in [-0.4, -0.2) is 24.3 Å². The van der Waals surface area contributed by atoms with E-state index in [1.165, 1.54) is 11.3 Å². The van der Waals surface area contributed by atoms with E-state index in [2.05, 4.69) is 5.32 Å². The predicted molar refractivity (Wildman–Crippen MR) is 106 cm³/mol. The van der Waals surface area contributed by atoms with E-state index in [9.17, 15) is 14.4 Å². The minimum atomic E-state index is -0.627. The Kier molecular flexibility index (Phi) is 4.77. The number of rotatable bonds is 6. The third-order valence-electron chi connectivity index (χ3n) is 4.81. The summed E-state index contributed by atoms with van der Waals surface area (Å²) < 4.78 is 10.7. The van der Waals surface area contributed by atoms with E-state index in [0.717, 1.165) is 28.7 Å². The second-order valence-corrected chi connectivity index (χ2v) is 8.12. The quantitative estimate of drug-likeness (QED) is 0.489. The standard InChI is InChI=1S/C21H19NO5S/c1-11-12(2)28-20(22-19(24)13-7-8-13)18(11)21(25)26-10-15(23)17-9-14-5-3-4-6-16(14)27-17/h3-6,9,13H,7-8,10H2,1-2H3,(H,22,24). The minimum Gasteiger partial charge on any atom is -0.453 e. The molecule has 0 aliphatic heterocycles. The fourth-order valence-corrected chi connectivity index (χ4v) is 3.97. The van der Waals surface area contributed by atoms with Crippen LogP contribution in [0.15, 0.2) is 34.7 Å². The van der Waals surface area contributed by atoms with Gasteiger partial charge in [-0.25, -0.2) is 4.79 Å². The van der Waals surface area contributed by atoms with Crippen LogP contribution in [0.3, 0.4) is 0 Å². The van der Waals surface area contributed by atoms with Crippen molar-refractivity contribution in [3.05, 3.63) is 52.1 Å². The fourth-order valence-electron chi connectivity index (χ4n) is 2.91. The van der Waals surface area contributed by atoms with Gasteiger partial charge in [-0.2, -0.15) is 0 Å². The van der Waals surface area contributed by atoms with E-state index in [1.54, 1.807) is 19.1 Å². The van der Waals surface area contributed by atoms with Crippen LogP contribution in [0.4, 0.5) is 5.00 Å². The molecule has 0 spiro atoms. The van der Waals surface area contributed by atoms with Crippen molar-refractivity contribution >= 4 is 45.0 Å². The summed E-state index contributed by atoms with van der Waals surface area (Å²) in [7, 11) is 0. The molecule has 0 radical (unpaired) electrons. The summed E-state index contributed by atoms with van der Waals surface area (Å²) >= 11 is 1.34. The number of para-hydroxylation sites is 1. The van der Waals surface area contributed by atoms with Gasteiger partial charge in [0.25, 0.3) is 0 Å².